The molecule has 86 valence electrons. The van der Waals surface area contributed by atoms with E-state index >= 15 is 0 Å². The number of carbonyl (C=O) groups excluding carboxylic acids is 1. The molecule has 2 saturated carbocycles. The molecule has 0 aromatic rings. The van der Waals surface area contributed by atoms with Gasteiger partial charge in [0.15, 0.2) is 0 Å². The van der Waals surface area contributed by atoms with Crippen molar-refractivity contribution in [3.05, 3.63) is 0 Å². The molecule has 0 saturated heterocycles. The maximum absolute atomic E-state index is 12.2. The molecule has 3 N–H and O–H groups in total. The van der Waals surface area contributed by atoms with Crippen LogP contribution in [0.5, 0.6) is 0 Å². The van der Waals surface area contributed by atoms with Crippen LogP contribution in [0.4, 0.5) is 0 Å². The molecule has 2 aliphatic rings. The highest BCUT2D eigenvalue weighted by Crippen LogP contribution is 2.55. The molecule has 2 aliphatic carbocycles. The van der Waals surface area contributed by atoms with Crippen molar-refractivity contribution in [2.75, 3.05) is 0 Å². The van der Waals surface area contributed by atoms with Gasteiger partial charge in [0.2, 0.25) is 5.91 Å². The molecule has 0 aromatic carbocycles. The smallest absolute Gasteiger partial charge is 0.226 e. The molecule has 0 aromatic heterocycles. The Morgan fingerprint density at radius 3 is 2.07 bits per heavy atom. The van der Waals surface area contributed by atoms with Crippen LogP contribution in [0.15, 0.2) is 0 Å². The summed E-state index contributed by atoms with van der Waals surface area (Å²) < 4.78 is 0. The van der Waals surface area contributed by atoms with Crippen LogP contribution in [0.1, 0.15) is 52.9 Å². The average Bonchev–Trinajstić information content (AvgIpc) is 2.55. The zero-order chi connectivity index (χ0) is 11.3. The Bertz CT molecular complexity index is 282. The van der Waals surface area contributed by atoms with Crippen molar-refractivity contribution in [1.29, 1.82) is 0 Å². The Labute approximate surface area is 91.8 Å². The predicted octanol–water partition coefficient (Wildman–Crippen LogP) is 1.56. The standard InChI is InChI=1S/C12H22N2O/c1-10(2,3)14-9(15)11-4-6-12(13,8-11)7-5-11/h4-8,13H2,1-3H3,(H,14,15). The summed E-state index contributed by atoms with van der Waals surface area (Å²) in [5, 5.41) is 3.10. The van der Waals surface area contributed by atoms with Gasteiger partial charge in [-0.05, 0) is 52.9 Å². The molecule has 2 rings (SSSR count). The van der Waals surface area contributed by atoms with E-state index in [2.05, 4.69) is 5.32 Å². The van der Waals surface area contributed by atoms with Gasteiger partial charge in [0, 0.05) is 11.1 Å². The third-order valence-corrected chi connectivity index (χ3v) is 3.86. The summed E-state index contributed by atoms with van der Waals surface area (Å²) in [5.41, 5.74) is 5.91. The molecule has 0 atom stereocenters. The molecule has 0 aliphatic heterocycles. The second kappa shape index (κ2) is 2.97. The van der Waals surface area contributed by atoms with Crippen LogP contribution in [0.25, 0.3) is 0 Å². The van der Waals surface area contributed by atoms with E-state index in [-0.39, 0.29) is 22.4 Å². The molecule has 1 amide bonds. The number of amides is 1. The van der Waals surface area contributed by atoms with Crippen molar-refractivity contribution in [3.63, 3.8) is 0 Å². The number of nitrogens with one attached hydrogen (secondary N) is 1. The molecule has 2 bridgehead atoms. The van der Waals surface area contributed by atoms with E-state index in [4.69, 9.17) is 5.73 Å². The molecular weight excluding hydrogens is 188 g/mol. The van der Waals surface area contributed by atoms with Gasteiger partial charge in [0.05, 0.1) is 5.41 Å². The SMILES string of the molecule is CC(C)(C)NC(=O)C12CCC(N)(CC1)C2. The van der Waals surface area contributed by atoms with E-state index < -0.39 is 0 Å². The second-order valence-electron chi connectivity index (χ2n) is 6.52. The van der Waals surface area contributed by atoms with Crippen molar-refractivity contribution in [3.8, 4) is 0 Å². The molecule has 15 heavy (non-hydrogen) atoms. The summed E-state index contributed by atoms with van der Waals surface area (Å²) in [4.78, 5) is 12.2. The lowest BCUT2D eigenvalue weighted by Crippen LogP contribution is -2.47. The first-order valence-corrected chi connectivity index (χ1v) is 5.86. The monoisotopic (exact) mass is 210 g/mol. The van der Waals surface area contributed by atoms with Crippen LogP contribution >= 0.6 is 0 Å². The van der Waals surface area contributed by atoms with Crippen molar-refractivity contribution in [2.45, 2.75) is 64.0 Å². The minimum atomic E-state index is -0.137. The Kier molecular flexibility index (Phi) is 2.16. The lowest BCUT2D eigenvalue weighted by atomic mass is 9.82. The van der Waals surface area contributed by atoms with Crippen molar-refractivity contribution in [2.24, 2.45) is 11.1 Å². The maximum Gasteiger partial charge on any atom is 0.226 e. The van der Waals surface area contributed by atoms with Crippen LogP contribution in [-0.2, 0) is 4.79 Å². The van der Waals surface area contributed by atoms with E-state index in [1.807, 2.05) is 20.8 Å². The summed E-state index contributed by atoms with van der Waals surface area (Å²) in [5.74, 6) is 0.222. The lowest BCUT2D eigenvalue weighted by molar-refractivity contribution is -0.132. The molecular formula is C12H22N2O. The highest BCUT2D eigenvalue weighted by molar-refractivity contribution is 5.84. The van der Waals surface area contributed by atoms with Gasteiger partial charge in [-0.15, -0.1) is 0 Å². The maximum atomic E-state index is 12.2. The largest absolute Gasteiger partial charge is 0.351 e. The number of nitrogens with two attached hydrogens (primary N) is 1. The fourth-order valence-corrected chi connectivity index (χ4v) is 3.03. The second-order valence-corrected chi connectivity index (χ2v) is 6.52. The number of carbonyl (C=O) groups is 1. The van der Waals surface area contributed by atoms with Crippen LogP contribution in [0, 0.1) is 5.41 Å². The fourth-order valence-electron chi connectivity index (χ4n) is 3.03. The Hall–Kier alpha value is -0.570. The third kappa shape index (κ3) is 1.89. The van der Waals surface area contributed by atoms with Gasteiger partial charge in [-0.3, -0.25) is 4.79 Å². The highest BCUT2D eigenvalue weighted by Gasteiger charge is 2.56. The van der Waals surface area contributed by atoms with E-state index in [9.17, 15) is 4.79 Å². The predicted molar refractivity (Wildman–Crippen MR) is 60.3 cm³/mol. The van der Waals surface area contributed by atoms with Gasteiger partial charge in [-0.1, -0.05) is 0 Å². The van der Waals surface area contributed by atoms with Gasteiger partial charge >= 0.3 is 0 Å². The first-order valence-electron chi connectivity index (χ1n) is 5.86. The number of fused-ring (bicyclic) bond motifs is 2. The molecule has 3 nitrogen and oxygen atoms in total. The van der Waals surface area contributed by atoms with Gasteiger partial charge in [0.1, 0.15) is 0 Å². The van der Waals surface area contributed by atoms with Gasteiger partial charge in [-0.25, -0.2) is 0 Å². The van der Waals surface area contributed by atoms with Crippen LogP contribution in [0.2, 0.25) is 0 Å². The summed E-state index contributed by atoms with van der Waals surface area (Å²) in [6.07, 6.45) is 4.88. The van der Waals surface area contributed by atoms with Crippen molar-refractivity contribution in [1.82, 2.24) is 5.32 Å². The number of hydrogen-bond donors (Lipinski definition) is 2. The Morgan fingerprint density at radius 1 is 1.20 bits per heavy atom. The Balaban J connectivity index is 2.09. The van der Waals surface area contributed by atoms with E-state index in [1.54, 1.807) is 0 Å². The normalized spacial score (nSPS) is 39.5. The summed E-state index contributed by atoms with van der Waals surface area (Å²) >= 11 is 0. The molecule has 0 heterocycles. The molecule has 0 unspecified atom stereocenters. The summed E-state index contributed by atoms with van der Waals surface area (Å²) in [6.45, 7) is 6.09. The molecule has 2 fully saturated rings. The zero-order valence-corrected chi connectivity index (χ0v) is 10.0. The summed E-state index contributed by atoms with van der Waals surface area (Å²) in [7, 11) is 0. The third-order valence-electron chi connectivity index (χ3n) is 3.86. The van der Waals surface area contributed by atoms with Crippen molar-refractivity contribution >= 4 is 5.91 Å². The Morgan fingerprint density at radius 2 is 1.73 bits per heavy atom. The molecule has 3 heteroatoms. The average molecular weight is 210 g/mol. The first kappa shape index (κ1) is 10.9. The minimum absolute atomic E-state index is 0.0325. The lowest BCUT2D eigenvalue weighted by Gasteiger charge is -2.30. The molecule has 0 spiro atoms. The fraction of sp³-hybridized carbons (Fsp3) is 0.917. The van der Waals surface area contributed by atoms with Crippen LogP contribution in [0.3, 0.4) is 0 Å². The number of hydrogen-bond acceptors (Lipinski definition) is 2. The zero-order valence-electron chi connectivity index (χ0n) is 10.0. The summed E-state index contributed by atoms with van der Waals surface area (Å²) in [6, 6.07) is 0. The van der Waals surface area contributed by atoms with Gasteiger partial charge in [0.25, 0.3) is 0 Å². The van der Waals surface area contributed by atoms with Gasteiger partial charge < -0.3 is 11.1 Å². The van der Waals surface area contributed by atoms with Gasteiger partial charge in [-0.2, -0.15) is 0 Å². The van der Waals surface area contributed by atoms with E-state index in [0.29, 0.717) is 0 Å². The van der Waals surface area contributed by atoms with E-state index in [1.165, 1.54) is 0 Å². The topological polar surface area (TPSA) is 55.1 Å². The number of rotatable bonds is 1. The van der Waals surface area contributed by atoms with Crippen LogP contribution < -0.4 is 11.1 Å². The van der Waals surface area contributed by atoms with Crippen molar-refractivity contribution < 1.29 is 4.79 Å². The van der Waals surface area contributed by atoms with Crippen LogP contribution in [-0.4, -0.2) is 17.0 Å². The van der Waals surface area contributed by atoms with E-state index in [0.717, 1.165) is 32.1 Å². The highest BCUT2D eigenvalue weighted by atomic mass is 16.2. The quantitative estimate of drug-likeness (QED) is 0.690. The molecule has 0 radical (unpaired) electrons. The first-order chi connectivity index (χ1) is 6.75. The minimum Gasteiger partial charge on any atom is -0.351 e.